The molecule has 106 valence electrons. The predicted octanol–water partition coefficient (Wildman–Crippen LogP) is 5.15. The summed E-state index contributed by atoms with van der Waals surface area (Å²) in [6, 6.07) is 17.1. The maximum Gasteiger partial charge on any atom is 0.0314 e. The molecule has 2 aromatic rings. The van der Waals surface area contributed by atoms with Crippen molar-refractivity contribution in [3.8, 4) is 0 Å². The fraction of sp³-hybridized carbons (Fsp3) is 0.368. The van der Waals surface area contributed by atoms with Crippen molar-refractivity contribution in [1.82, 2.24) is 0 Å². The molecule has 1 atom stereocenters. The van der Waals surface area contributed by atoms with Crippen LogP contribution in [0.1, 0.15) is 55.7 Å². The van der Waals surface area contributed by atoms with Crippen LogP contribution in [-0.2, 0) is 6.42 Å². The second kappa shape index (κ2) is 7.14. The zero-order chi connectivity index (χ0) is 14.4. The van der Waals surface area contributed by atoms with Crippen LogP contribution in [-0.4, -0.2) is 0 Å². The lowest BCUT2D eigenvalue weighted by Gasteiger charge is -2.18. The van der Waals surface area contributed by atoms with Crippen LogP contribution in [0.5, 0.6) is 0 Å². The third-order valence-electron chi connectivity index (χ3n) is 4.00. The third-order valence-corrected chi connectivity index (χ3v) is 4.00. The van der Waals surface area contributed by atoms with Crippen LogP contribution in [0.15, 0.2) is 48.5 Å². The van der Waals surface area contributed by atoms with Gasteiger partial charge in [-0.05, 0) is 54.0 Å². The van der Waals surface area contributed by atoms with Gasteiger partial charge in [-0.1, -0.05) is 56.7 Å². The van der Waals surface area contributed by atoms with E-state index in [2.05, 4.69) is 50.2 Å². The van der Waals surface area contributed by atoms with Crippen LogP contribution in [0, 0.1) is 0 Å². The summed E-state index contributed by atoms with van der Waals surface area (Å²) in [6.45, 7) is 4.56. The Labute approximate surface area is 122 Å². The maximum atomic E-state index is 5.76. The minimum Gasteiger partial charge on any atom is -0.399 e. The maximum absolute atomic E-state index is 5.76. The molecule has 0 aliphatic carbocycles. The fourth-order valence-corrected chi connectivity index (χ4v) is 2.88. The lowest BCUT2D eigenvalue weighted by atomic mass is 9.86. The summed E-state index contributed by atoms with van der Waals surface area (Å²) in [4.78, 5) is 0. The summed E-state index contributed by atoms with van der Waals surface area (Å²) < 4.78 is 0. The lowest BCUT2D eigenvalue weighted by Crippen LogP contribution is -2.02. The summed E-state index contributed by atoms with van der Waals surface area (Å²) in [7, 11) is 0. The number of hydrogen-bond donors (Lipinski definition) is 1. The largest absolute Gasteiger partial charge is 0.399 e. The molecule has 0 aromatic heterocycles. The Morgan fingerprint density at radius 1 is 0.950 bits per heavy atom. The van der Waals surface area contributed by atoms with Gasteiger partial charge in [0, 0.05) is 5.69 Å². The van der Waals surface area contributed by atoms with Crippen LogP contribution in [0.3, 0.4) is 0 Å². The van der Waals surface area contributed by atoms with Gasteiger partial charge in [0.25, 0.3) is 0 Å². The van der Waals surface area contributed by atoms with Crippen LogP contribution in [0.2, 0.25) is 0 Å². The summed E-state index contributed by atoms with van der Waals surface area (Å²) >= 11 is 0. The summed E-state index contributed by atoms with van der Waals surface area (Å²) in [5.74, 6) is 0.685. The van der Waals surface area contributed by atoms with Gasteiger partial charge in [-0.25, -0.2) is 0 Å². The van der Waals surface area contributed by atoms with E-state index in [1.165, 1.54) is 36.0 Å². The molecule has 0 aliphatic rings. The Hall–Kier alpha value is -1.76. The Bertz CT molecular complexity index is 528. The molecule has 2 aromatic carbocycles. The van der Waals surface area contributed by atoms with Gasteiger partial charge in [-0.2, -0.15) is 0 Å². The van der Waals surface area contributed by atoms with Gasteiger partial charge in [0.2, 0.25) is 0 Å². The molecule has 1 nitrogen and oxygen atoms in total. The van der Waals surface area contributed by atoms with E-state index >= 15 is 0 Å². The second-order valence-electron chi connectivity index (χ2n) is 5.51. The highest BCUT2D eigenvalue weighted by Gasteiger charge is 2.12. The molecule has 0 bridgehead atoms. The molecule has 20 heavy (non-hydrogen) atoms. The number of benzene rings is 2. The molecule has 0 spiro atoms. The van der Waals surface area contributed by atoms with E-state index in [0.717, 1.165) is 12.1 Å². The first-order chi connectivity index (χ1) is 9.74. The zero-order valence-electron chi connectivity index (χ0n) is 12.6. The number of rotatable bonds is 6. The van der Waals surface area contributed by atoms with Crippen LogP contribution in [0.4, 0.5) is 5.69 Å². The minimum absolute atomic E-state index is 0.685. The molecule has 2 rings (SSSR count). The second-order valence-corrected chi connectivity index (χ2v) is 5.51. The molecule has 0 fully saturated rings. The van der Waals surface area contributed by atoms with Crippen LogP contribution in [0.25, 0.3) is 0 Å². The van der Waals surface area contributed by atoms with Crippen molar-refractivity contribution in [1.29, 1.82) is 0 Å². The van der Waals surface area contributed by atoms with Crippen molar-refractivity contribution < 1.29 is 0 Å². The molecule has 0 radical (unpaired) electrons. The van der Waals surface area contributed by atoms with E-state index in [4.69, 9.17) is 5.73 Å². The van der Waals surface area contributed by atoms with Crippen LogP contribution >= 0.6 is 0 Å². The van der Waals surface area contributed by atoms with Crippen molar-refractivity contribution in [2.45, 2.75) is 45.4 Å². The third kappa shape index (κ3) is 3.63. The van der Waals surface area contributed by atoms with Crippen molar-refractivity contribution >= 4 is 5.69 Å². The fourth-order valence-electron chi connectivity index (χ4n) is 2.88. The first-order valence-corrected chi connectivity index (χ1v) is 7.66. The Morgan fingerprint density at radius 3 is 2.30 bits per heavy atom. The molecule has 0 saturated carbocycles. The first kappa shape index (κ1) is 14.6. The van der Waals surface area contributed by atoms with Crippen molar-refractivity contribution in [3.05, 3.63) is 65.2 Å². The van der Waals surface area contributed by atoms with E-state index < -0.39 is 0 Å². The quantitative estimate of drug-likeness (QED) is 0.719. The van der Waals surface area contributed by atoms with Gasteiger partial charge in [-0.15, -0.1) is 0 Å². The molecule has 0 aliphatic heterocycles. The zero-order valence-corrected chi connectivity index (χ0v) is 12.6. The van der Waals surface area contributed by atoms with Crippen molar-refractivity contribution in [2.75, 3.05) is 5.73 Å². The summed E-state index contributed by atoms with van der Waals surface area (Å²) in [5.41, 5.74) is 10.9. The molecule has 0 saturated heterocycles. The monoisotopic (exact) mass is 267 g/mol. The number of nitrogen functional groups attached to an aromatic ring is 1. The highest BCUT2D eigenvalue weighted by molar-refractivity contribution is 5.42. The Balaban J connectivity index is 2.25. The highest BCUT2D eigenvalue weighted by Crippen LogP contribution is 2.29. The first-order valence-electron chi connectivity index (χ1n) is 7.66. The Morgan fingerprint density at radius 2 is 1.65 bits per heavy atom. The molecule has 0 amide bonds. The molecule has 0 heterocycles. The highest BCUT2D eigenvalue weighted by atomic mass is 14.5. The summed E-state index contributed by atoms with van der Waals surface area (Å²) in [5, 5.41) is 0. The normalized spacial score (nSPS) is 12.3. The van der Waals surface area contributed by atoms with Crippen molar-refractivity contribution in [3.63, 3.8) is 0 Å². The van der Waals surface area contributed by atoms with Gasteiger partial charge in [-0.3, -0.25) is 0 Å². The molecular weight excluding hydrogens is 242 g/mol. The van der Waals surface area contributed by atoms with Gasteiger partial charge in [0.1, 0.15) is 0 Å². The van der Waals surface area contributed by atoms with Gasteiger partial charge in [0.05, 0.1) is 0 Å². The van der Waals surface area contributed by atoms with E-state index in [9.17, 15) is 0 Å². The molecule has 1 heteroatoms. The van der Waals surface area contributed by atoms with E-state index in [0.29, 0.717) is 5.92 Å². The molecular formula is C19H25N. The topological polar surface area (TPSA) is 26.0 Å². The average Bonchev–Trinajstić information content (AvgIpc) is 2.48. The van der Waals surface area contributed by atoms with Crippen LogP contribution < -0.4 is 5.73 Å². The molecule has 1 unspecified atom stereocenters. The number of anilines is 1. The van der Waals surface area contributed by atoms with E-state index in [-0.39, 0.29) is 0 Å². The van der Waals surface area contributed by atoms with E-state index in [1.54, 1.807) is 0 Å². The summed E-state index contributed by atoms with van der Waals surface area (Å²) in [6.07, 6.45) is 4.73. The molecule has 2 N–H and O–H groups in total. The van der Waals surface area contributed by atoms with Gasteiger partial charge >= 0.3 is 0 Å². The average molecular weight is 267 g/mol. The number of nitrogens with two attached hydrogens (primary N) is 1. The Kier molecular flexibility index (Phi) is 5.23. The standard InChI is InChI=1S/C19H25N/c1-3-7-16(4-2)19-9-6-5-8-17(19)14-15-10-12-18(20)13-11-15/h5-6,8-13,16H,3-4,7,14,20H2,1-2H3. The van der Waals surface area contributed by atoms with Gasteiger partial charge in [0.15, 0.2) is 0 Å². The van der Waals surface area contributed by atoms with Gasteiger partial charge < -0.3 is 5.73 Å². The lowest BCUT2D eigenvalue weighted by molar-refractivity contribution is 0.592. The minimum atomic E-state index is 0.685. The SMILES string of the molecule is CCCC(CC)c1ccccc1Cc1ccc(N)cc1. The van der Waals surface area contributed by atoms with Crippen molar-refractivity contribution in [2.24, 2.45) is 0 Å². The smallest absolute Gasteiger partial charge is 0.0314 e. The van der Waals surface area contributed by atoms with E-state index in [1.807, 2.05) is 12.1 Å². The predicted molar refractivity (Wildman–Crippen MR) is 88.0 cm³/mol. The number of hydrogen-bond acceptors (Lipinski definition) is 1.